The molecule has 0 fully saturated rings. The van der Waals surface area contributed by atoms with E-state index >= 15 is 0 Å². The molecule has 5 heteroatoms. The van der Waals surface area contributed by atoms with E-state index in [-0.39, 0.29) is 12.5 Å². The normalized spacial score (nSPS) is 13.0. The summed E-state index contributed by atoms with van der Waals surface area (Å²) in [6, 6.07) is 24.8. The molecule has 2 unspecified atom stereocenters. The number of hydrogen-bond donors (Lipinski definition) is 2. The highest BCUT2D eigenvalue weighted by Gasteiger charge is 2.26. The van der Waals surface area contributed by atoms with Crippen molar-refractivity contribution in [1.82, 2.24) is 15.3 Å². The van der Waals surface area contributed by atoms with Gasteiger partial charge in [-0.15, -0.1) is 0 Å². The largest absolute Gasteiger partial charge is 0.394 e. The molecule has 0 saturated heterocycles. The number of para-hydroxylation sites is 1. The van der Waals surface area contributed by atoms with Gasteiger partial charge in [0.25, 0.3) is 0 Å². The summed E-state index contributed by atoms with van der Waals surface area (Å²) in [5.74, 6) is -0.586. The molecule has 1 heterocycles. The Bertz CT molecular complexity index is 1170. The van der Waals surface area contributed by atoms with Crippen molar-refractivity contribution in [1.29, 1.82) is 0 Å². The Hall–Kier alpha value is -3.57. The lowest BCUT2D eigenvalue weighted by Gasteiger charge is -2.23. The maximum absolute atomic E-state index is 13.5. The second-order valence-electron chi connectivity index (χ2n) is 7.61. The van der Waals surface area contributed by atoms with Gasteiger partial charge >= 0.3 is 0 Å². The van der Waals surface area contributed by atoms with Crippen molar-refractivity contribution in [2.24, 2.45) is 0 Å². The van der Waals surface area contributed by atoms with Crippen LogP contribution in [0.2, 0.25) is 0 Å². The fourth-order valence-corrected chi connectivity index (χ4v) is 3.93. The molecule has 1 aromatic heterocycles. The smallest absolute Gasteiger partial charge is 0.228 e. The van der Waals surface area contributed by atoms with Crippen molar-refractivity contribution in [2.75, 3.05) is 6.61 Å². The standard InChI is InChI=1S/C26H25N3O2/c1-18-9-5-6-12-20(18)22(15-24-21-13-7-8-14-23(21)27-17-28-24)26(31)29-25(16-30)19-10-3-2-4-11-19/h2-14,17,22,25,30H,15-16H2,1H3,(H,29,31). The van der Waals surface area contributed by atoms with E-state index in [0.29, 0.717) is 6.42 Å². The van der Waals surface area contributed by atoms with Gasteiger partial charge in [0.2, 0.25) is 5.91 Å². The molecule has 2 N–H and O–H groups in total. The first-order valence-corrected chi connectivity index (χ1v) is 10.4. The lowest BCUT2D eigenvalue weighted by Crippen LogP contribution is -2.36. The number of fused-ring (bicyclic) bond motifs is 1. The Morgan fingerprint density at radius 2 is 1.65 bits per heavy atom. The third-order valence-electron chi connectivity index (χ3n) is 5.60. The van der Waals surface area contributed by atoms with Crippen LogP contribution in [-0.4, -0.2) is 27.6 Å². The quantitative estimate of drug-likeness (QED) is 0.480. The maximum Gasteiger partial charge on any atom is 0.228 e. The maximum atomic E-state index is 13.5. The van der Waals surface area contributed by atoms with Gasteiger partial charge in [-0.25, -0.2) is 9.97 Å². The number of carbonyl (C=O) groups excluding carboxylic acids is 1. The van der Waals surface area contributed by atoms with Crippen LogP contribution in [0.3, 0.4) is 0 Å². The number of benzene rings is 3. The highest BCUT2D eigenvalue weighted by molar-refractivity contribution is 5.86. The van der Waals surface area contributed by atoms with Gasteiger partial charge in [0.15, 0.2) is 0 Å². The zero-order valence-electron chi connectivity index (χ0n) is 17.4. The molecule has 0 aliphatic carbocycles. The summed E-state index contributed by atoms with van der Waals surface area (Å²) in [5, 5.41) is 13.9. The van der Waals surface area contributed by atoms with Gasteiger partial charge in [-0.3, -0.25) is 4.79 Å². The number of aliphatic hydroxyl groups is 1. The Morgan fingerprint density at radius 1 is 0.935 bits per heavy atom. The summed E-state index contributed by atoms with van der Waals surface area (Å²) in [6.07, 6.45) is 1.98. The van der Waals surface area contributed by atoms with Crippen LogP contribution in [0.25, 0.3) is 10.9 Å². The number of nitrogens with one attached hydrogen (secondary N) is 1. The van der Waals surface area contributed by atoms with Crippen molar-refractivity contribution in [3.8, 4) is 0 Å². The summed E-state index contributed by atoms with van der Waals surface area (Å²) in [7, 11) is 0. The molecule has 31 heavy (non-hydrogen) atoms. The van der Waals surface area contributed by atoms with Gasteiger partial charge < -0.3 is 10.4 Å². The Balaban J connectivity index is 1.69. The summed E-state index contributed by atoms with van der Waals surface area (Å²) < 4.78 is 0. The van der Waals surface area contributed by atoms with E-state index in [1.165, 1.54) is 0 Å². The first-order valence-electron chi connectivity index (χ1n) is 10.4. The van der Waals surface area contributed by atoms with Crippen molar-refractivity contribution in [3.63, 3.8) is 0 Å². The number of hydrogen-bond acceptors (Lipinski definition) is 4. The zero-order valence-corrected chi connectivity index (χ0v) is 17.4. The Morgan fingerprint density at radius 3 is 2.42 bits per heavy atom. The number of aliphatic hydroxyl groups excluding tert-OH is 1. The van der Waals surface area contributed by atoms with Gasteiger partial charge in [0.05, 0.1) is 29.8 Å². The third-order valence-corrected chi connectivity index (χ3v) is 5.60. The lowest BCUT2D eigenvalue weighted by molar-refractivity contribution is -0.123. The summed E-state index contributed by atoms with van der Waals surface area (Å²) in [4.78, 5) is 22.4. The molecule has 4 rings (SSSR count). The fourth-order valence-electron chi connectivity index (χ4n) is 3.93. The first kappa shape index (κ1) is 20.7. The summed E-state index contributed by atoms with van der Waals surface area (Å²) in [5.41, 5.74) is 4.55. The van der Waals surface area contributed by atoms with E-state index in [0.717, 1.165) is 33.3 Å². The van der Waals surface area contributed by atoms with Crippen LogP contribution in [0.4, 0.5) is 0 Å². The number of amides is 1. The molecule has 1 amide bonds. The predicted molar refractivity (Wildman–Crippen MR) is 122 cm³/mol. The zero-order chi connectivity index (χ0) is 21.6. The molecular formula is C26H25N3O2. The van der Waals surface area contributed by atoms with Gasteiger partial charge in [-0.2, -0.15) is 0 Å². The molecule has 4 aromatic rings. The van der Waals surface area contributed by atoms with Crippen LogP contribution in [0.5, 0.6) is 0 Å². The first-order chi connectivity index (χ1) is 15.2. The van der Waals surface area contributed by atoms with E-state index in [1.807, 2.05) is 85.8 Å². The molecule has 0 aliphatic heterocycles. The monoisotopic (exact) mass is 411 g/mol. The van der Waals surface area contributed by atoms with Crippen molar-refractivity contribution >= 4 is 16.8 Å². The van der Waals surface area contributed by atoms with Gasteiger partial charge in [-0.05, 0) is 29.7 Å². The average Bonchev–Trinajstić information content (AvgIpc) is 2.82. The number of carbonyl (C=O) groups is 1. The molecule has 0 radical (unpaired) electrons. The summed E-state index contributed by atoms with van der Waals surface area (Å²) >= 11 is 0. The minimum atomic E-state index is -0.470. The Labute approximate surface area is 181 Å². The second kappa shape index (κ2) is 9.49. The van der Waals surface area contributed by atoms with E-state index in [2.05, 4.69) is 15.3 Å². The number of rotatable bonds is 7. The van der Waals surface area contributed by atoms with Crippen molar-refractivity contribution < 1.29 is 9.90 Å². The van der Waals surface area contributed by atoms with E-state index < -0.39 is 12.0 Å². The van der Waals surface area contributed by atoms with E-state index in [1.54, 1.807) is 6.33 Å². The van der Waals surface area contributed by atoms with Crippen molar-refractivity contribution in [2.45, 2.75) is 25.3 Å². The molecular weight excluding hydrogens is 386 g/mol. The minimum Gasteiger partial charge on any atom is -0.394 e. The highest BCUT2D eigenvalue weighted by atomic mass is 16.3. The van der Waals surface area contributed by atoms with Crippen LogP contribution in [0, 0.1) is 6.92 Å². The molecule has 0 saturated carbocycles. The molecule has 5 nitrogen and oxygen atoms in total. The SMILES string of the molecule is Cc1ccccc1C(Cc1ncnc2ccccc12)C(=O)NC(CO)c1ccccc1. The lowest BCUT2D eigenvalue weighted by atomic mass is 9.88. The topological polar surface area (TPSA) is 75.1 Å². The number of nitrogens with zero attached hydrogens (tertiary/aromatic N) is 2. The molecule has 0 spiro atoms. The van der Waals surface area contributed by atoms with Gasteiger partial charge in [0.1, 0.15) is 6.33 Å². The van der Waals surface area contributed by atoms with E-state index in [9.17, 15) is 9.90 Å². The van der Waals surface area contributed by atoms with Gasteiger partial charge in [0, 0.05) is 11.8 Å². The Kier molecular flexibility index (Phi) is 6.34. The highest BCUT2D eigenvalue weighted by Crippen LogP contribution is 2.27. The van der Waals surface area contributed by atoms with Crippen LogP contribution < -0.4 is 5.32 Å². The number of aryl methyl sites for hydroxylation is 1. The molecule has 2 atom stereocenters. The van der Waals surface area contributed by atoms with Crippen molar-refractivity contribution in [3.05, 3.63) is 108 Å². The minimum absolute atomic E-state index is 0.139. The third kappa shape index (κ3) is 4.62. The van der Waals surface area contributed by atoms with Crippen LogP contribution >= 0.6 is 0 Å². The number of aromatic nitrogens is 2. The van der Waals surface area contributed by atoms with Crippen LogP contribution in [-0.2, 0) is 11.2 Å². The average molecular weight is 412 g/mol. The fraction of sp³-hybridized carbons (Fsp3) is 0.192. The second-order valence-corrected chi connectivity index (χ2v) is 7.61. The molecule has 0 aliphatic rings. The van der Waals surface area contributed by atoms with Crippen LogP contribution in [0.15, 0.2) is 85.2 Å². The predicted octanol–water partition coefficient (Wildman–Crippen LogP) is 4.11. The van der Waals surface area contributed by atoms with E-state index in [4.69, 9.17) is 0 Å². The molecule has 3 aromatic carbocycles. The molecule has 156 valence electrons. The summed E-state index contributed by atoms with van der Waals surface area (Å²) in [6.45, 7) is 1.83. The molecule has 0 bridgehead atoms. The van der Waals surface area contributed by atoms with Crippen LogP contribution in [0.1, 0.15) is 34.3 Å². The van der Waals surface area contributed by atoms with Gasteiger partial charge in [-0.1, -0.05) is 72.8 Å².